The van der Waals surface area contributed by atoms with Crippen LogP contribution in [-0.4, -0.2) is 29.6 Å². The molecule has 0 unspecified atom stereocenters. The van der Waals surface area contributed by atoms with E-state index in [1.165, 1.54) is 0 Å². The summed E-state index contributed by atoms with van der Waals surface area (Å²) >= 11 is 5.74. The first-order chi connectivity index (χ1) is 6.29. The van der Waals surface area contributed by atoms with E-state index in [1.807, 2.05) is 0 Å². The van der Waals surface area contributed by atoms with Crippen molar-refractivity contribution < 1.29 is 0 Å². The predicted molar refractivity (Wildman–Crippen MR) is 66.3 cm³/mol. The first kappa shape index (κ1) is 14.7. The van der Waals surface area contributed by atoms with E-state index in [4.69, 9.17) is 17.3 Å². The van der Waals surface area contributed by atoms with Gasteiger partial charge in [0.1, 0.15) is 5.15 Å². The summed E-state index contributed by atoms with van der Waals surface area (Å²) in [6, 6.07) is 1.67. The van der Waals surface area contributed by atoms with Crippen molar-refractivity contribution in [3.05, 3.63) is 17.4 Å². The van der Waals surface area contributed by atoms with Crippen LogP contribution in [0.25, 0.3) is 0 Å². The van der Waals surface area contributed by atoms with Crippen molar-refractivity contribution in [1.29, 1.82) is 0 Å². The van der Waals surface area contributed by atoms with Crippen molar-refractivity contribution in [2.45, 2.75) is 0 Å². The summed E-state index contributed by atoms with van der Waals surface area (Å²) in [5, 5.41) is 0.487. The smallest absolute Gasteiger partial charge is 0.226 e. The van der Waals surface area contributed by atoms with E-state index in [9.17, 15) is 0 Å². The Morgan fingerprint density at radius 2 is 2.13 bits per heavy atom. The minimum Gasteiger partial charge on any atom is -0.340 e. The fourth-order valence-corrected chi connectivity index (χ4v) is 1.49. The molecule has 1 aromatic heterocycles. The molecule has 0 radical (unpaired) electrons. The van der Waals surface area contributed by atoms with Crippen LogP contribution in [0.1, 0.15) is 0 Å². The number of nitrogens with zero attached hydrogens (tertiary/aromatic N) is 3. The molecule has 0 aliphatic carbocycles. The average Bonchev–Trinajstić information content (AvgIpc) is 2.02. The summed E-state index contributed by atoms with van der Waals surface area (Å²) < 4.78 is 0. The van der Waals surface area contributed by atoms with Crippen molar-refractivity contribution in [3.8, 4) is 0 Å². The molecule has 4 nitrogen and oxygen atoms in total. The SMILES string of the molecule is Cl.Cl.NCC1CN(c2nccc(Cl)n2)C1. The molecule has 1 aromatic rings. The number of rotatable bonds is 2. The van der Waals surface area contributed by atoms with E-state index in [2.05, 4.69) is 14.9 Å². The fraction of sp³-hybridized carbons (Fsp3) is 0.500. The Kier molecular flexibility index (Phi) is 6.20. The van der Waals surface area contributed by atoms with Gasteiger partial charge >= 0.3 is 0 Å². The highest BCUT2D eigenvalue weighted by Gasteiger charge is 2.27. The zero-order chi connectivity index (χ0) is 9.26. The zero-order valence-electron chi connectivity index (χ0n) is 7.97. The van der Waals surface area contributed by atoms with Gasteiger partial charge < -0.3 is 10.6 Å². The number of halogens is 3. The summed E-state index contributed by atoms with van der Waals surface area (Å²) in [5.41, 5.74) is 5.51. The predicted octanol–water partition coefficient (Wildman–Crippen LogP) is 1.37. The van der Waals surface area contributed by atoms with Crippen LogP contribution in [0, 0.1) is 5.92 Å². The van der Waals surface area contributed by atoms with E-state index >= 15 is 0 Å². The molecule has 0 atom stereocenters. The van der Waals surface area contributed by atoms with E-state index < -0.39 is 0 Å². The highest BCUT2D eigenvalue weighted by atomic mass is 35.5. The van der Waals surface area contributed by atoms with Crippen LogP contribution in [-0.2, 0) is 0 Å². The van der Waals surface area contributed by atoms with Gasteiger partial charge in [-0.15, -0.1) is 24.8 Å². The Hall–Kier alpha value is -0.290. The Morgan fingerprint density at radius 3 is 2.67 bits per heavy atom. The van der Waals surface area contributed by atoms with Crippen molar-refractivity contribution in [2.75, 3.05) is 24.5 Å². The molecule has 0 saturated carbocycles. The third-order valence-electron chi connectivity index (χ3n) is 2.18. The highest BCUT2D eigenvalue weighted by molar-refractivity contribution is 6.29. The third-order valence-corrected chi connectivity index (χ3v) is 2.39. The van der Waals surface area contributed by atoms with Crippen molar-refractivity contribution in [3.63, 3.8) is 0 Å². The maximum absolute atomic E-state index is 5.74. The lowest BCUT2D eigenvalue weighted by atomic mass is 10.0. The molecule has 2 N–H and O–H groups in total. The minimum atomic E-state index is 0. The standard InChI is InChI=1S/C8H11ClN4.2ClH/c9-7-1-2-11-8(12-7)13-4-6(3-10)5-13;;/h1-2,6H,3-5,10H2;2*1H. The molecule has 0 spiro atoms. The summed E-state index contributed by atoms with van der Waals surface area (Å²) in [6.45, 7) is 2.62. The largest absolute Gasteiger partial charge is 0.340 e. The first-order valence-corrected chi connectivity index (χ1v) is 4.61. The molecule has 1 aliphatic rings. The summed E-state index contributed by atoms with van der Waals surface area (Å²) in [4.78, 5) is 10.3. The molecule has 0 bridgehead atoms. The molecule has 15 heavy (non-hydrogen) atoms. The van der Waals surface area contributed by atoms with Gasteiger partial charge in [-0.2, -0.15) is 0 Å². The van der Waals surface area contributed by atoms with Gasteiger partial charge in [-0.05, 0) is 12.6 Å². The van der Waals surface area contributed by atoms with Crippen LogP contribution < -0.4 is 10.6 Å². The van der Waals surface area contributed by atoms with Gasteiger partial charge in [-0.3, -0.25) is 0 Å². The van der Waals surface area contributed by atoms with Crippen LogP contribution in [0.5, 0.6) is 0 Å². The molecule has 1 fully saturated rings. The van der Waals surface area contributed by atoms with Gasteiger partial charge in [0, 0.05) is 25.2 Å². The van der Waals surface area contributed by atoms with Crippen molar-refractivity contribution in [2.24, 2.45) is 11.7 Å². The number of nitrogens with two attached hydrogens (primary N) is 1. The molecule has 1 aliphatic heterocycles. The van der Waals surface area contributed by atoms with Gasteiger partial charge in [0.25, 0.3) is 0 Å². The second-order valence-electron chi connectivity index (χ2n) is 3.19. The Morgan fingerprint density at radius 1 is 1.47 bits per heavy atom. The average molecular weight is 272 g/mol. The lowest BCUT2D eigenvalue weighted by Gasteiger charge is -2.38. The summed E-state index contributed by atoms with van der Waals surface area (Å²) in [6.07, 6.45) is 1.67. The Bertz CT molecular complexity index is 304. The molecule has 1 saturated heterocycles. The van der Waals surface area contributed by atoms with E-state index in [1.54, 1.807) is 12.3 Å². The minimum absolute atomic E-state index is 0. The Labute approximate surface area is 106 Å². The van der Waals surface area contributed by atoms with E-state index in [0.29, 0.717) is 17.0 Å². The maximum Gasteiger partial charge on any atom is 0.226 e. The van der Waals surface area contributed by atoms with Gasteiger partial charge in [0.2, 0.25) is 5.95 Å². The third kappa shape index (κ3) is 3.34. The lowest BCUT2D eigenvalue weighted by Crippen LogP contribution is -2.50. The van der Waals surface area contributed by atoms with Gasteiger partial charge in [-0.1, -0.05) is 11.6 Å². The molecule has 0 aromatic carbocycles. The molecule has 0 amide bonds. The molecule has 2 heterocycles. The molecule has 2 rings (SSSR count). The van der Waals surface area contributed by atoms with Crippen LogP contribution in [0.3, 0.4) is 0 Å². The van der Waals surface area contributed by atoms with Crippen LogP contribution >= 0.6 is 36.4 Å². The highest BCUT2D eigenvalue weighted by Crippen LogP contribution is 2.20. The molecular weight excluding hydrogens is 258 g/mol. The van der Waals surface area contributed by atoms with Crippen LogP contribution in [0.2, 0.25) is 5.15 Å². The fourth-order valence-electron chi connectivity index (χ4n) is 1.36. The molecule has 86 valence electrons. The summed E-state index contributed by atoms with van der Waals surface area (Å²) in [5.74, 6) is 1.29. The Balaban J connectivity index is 0.000000980. The quantitative estimate of drug-likeness (QED) is 0.826. The first-order valence-electron chi connectivity index (χ1n) is 4.23. The zero-order valence-corrected chi connectivity index (χ0v) is 10.4. The van der Waals surface area contributed by atoms with Gasteiger partial charge in [0.05, 0.1) is 0 Å². The van der Waals surface area contributed by atoms with Crippen LogP contribution in [0.15, 0.2) is 12.3 Å². The number of hydrogen-bond acceptors (Lipinski definition) is 4. The topological polar surface area (TPSA) is 55.0 Å². The lowest BCUT2D eigenvalue weighted by molar-refractivity contribution is 0.413. The number of anilines is 1. The monoisotopic (exact) mass is 270 g/mol. The van der Waals surface area contributed by atoms with Crippen molar-refractivity contribution in [1.82, 2.24) is 9.97 Å². The van der Waals surface area contributed by atoms with E-state index in [0.717, 1.165) is 19.6 Å². The van der Waals surface area contributed by atoms with E-state index in [-0.39, 0.29) is 24.8 Å². The molecular formula is C8H13Cl3N4. The normalized spacial score (nSPS) is 14.9. The van der Waals surface area contributed by atoms with Crippen LogP contribution in [0.4, 0.5) is 5.95 Å². The number of aromatic nitrogens is 2. The summed E-state index contributed by atoms with van der Waals surface area (Å²) in [7, 11) is 0. The van der Waals surface area contributed by atoms with Crippen molar-refractivity contribution >= 4 is 42.4 Å². The maximum atomic E-state index is 5.74. The number of hydrogen-bond donors (Lipinski definition) is 1. The molecule has 7 heteroatoms. The second kappa shape index (κ2) is 6.33. The van der Waals surface area contributed by atoms with Gasteiger partial charge in [0.15, 0.2) is 0 Å². The van der Waals surface area contributed by atoms with Gasteiger partial charge in [-0.25, -0.2) is 9.97 Å². The second-order valence-corrected chi connectivity index (χ2v) is 3.57.